The molecular weight excluding hydrogens is 263 g/mol. The molecule has 0 unspecified atom stereocenters. The maximum atomic E-state index is 13.2. The number of carbonyl (C=O) groups excluding carboxylic acids is 2. The van der Waals surface area contributed by atoms with Crippen LogP contribution in [0.3, 0.4) is 0 Å². The van der Waals surface area contributed by atoms with Crippen LogP contribution in [0.2, 0.25) is 0 Å². The Kier molecular flexibility index (Phi) is 4.97. The maximum Gasteiger partial charge on any atom is 0.341 e. The van der Waals surface area contributed by atoms with E-state index in [0.717, 1.165) is 6.07 Å². The Hall–Kier alpha value is -2.69. The fourth-order valence-electron chi connectivity index (χ4n) is 1.52. The molecule has 0 aliphatic heterocycles. The molecule has 0 bridgehead atoms. The van der Waals surface area contributed by atoms with Gasteiger partial charge in [-0.25, -0.2) is 9.18 Å². The highest BCUT2D eigenvalue weighted by atomic mass is 19.1. The summed E-state index contributed by atoms with van der Waals surface area (Å²) in [6.07, 6.45) is 2.43. The molecule has 1 aromatic carbocycles. The van der Waals surface area contributed by atoms with Crippen molar-refractivity contribution in [2.24, 2.45) is 0 Å². The Balaban J connectivity index is 3.22. The number of ketones is 1. The Bertz CT molecular complexity index is 614. The SMILES string of the molecule is C=C/C=C(\C(=C)F)C(=O)c1ccc(C(=O)OC)c(O)c1. The molecule has 0 aliphatic carbocycles. The topological polar surface area (TPSA) is 63.6 Å². The van der Waals surface area contributed by atoms with E-state index in [1.165, 1.54) is 31.4 Å². The second kappa shape index (κ2) is 6.47. The Morgan fingerprint density at radius 2 is 2.05 bits per heavy atom. The first-order chi connectivity index (χ1) is 9.42. The number of hydrogen-bond acceptors (Lipinski definition) is 4. The zero-order valence-corrected chi connectivity index (χ0v) is 10.9. The van der Waals surface area contributed by atoms with Gasteiger partial charge in [0.2, 0.25) is 0 Å². The van der Waals surface area contributed by atoms with Gasteiger partial charge in [-0.1, -0.05) is 19.2 Å². The fourth-order valence-corrected chi connectivity index (χ4v) is 1.52. The summed E-state index contributed by atoms with van der Waals surface area (Å²) in [4.78, 5) is 23.3. The van der Waals surface area contributed by atoms with E-state index in [1.807, 2.05) is 0 Å². The first-order valence-corrected chi connectivity index (χ1v) is 5.56. The molecule has 0 saturated heterocycles. The molecule has 20 heavy (non-hydrogen) atoms. The number of hydrogen-bond donors (Lipinski definition) is 1. The molecule has 0 amide bonds. The number of halogens is 1. The average Bonchev–Trinajstić information content (AvgIpc) is 2.42. The molecule has 1 N–H and O–H groups in total. The number of carbonyl (C=O) groups is 2. The predicted octanol–water partition coefficient (Wildman–Crippen LogP) is 2.96. The molecule has 0 radical (unpaired) electrons. The molecule has 0 saturated carbocycles. The van der Waals surface area contributed by atoms with Crippen molar-refractivity contribution in [2.75, 3.05) is 7.11 Å². The second-order valence-corrected chi connectivity index (χ2v) is 3.77. The van der Waals surface area contributed by atoms with Gasteiger partial charge in [0.25, 0.3) is 0 Å². The summed E-state index contributed by atoms with van der Waals surface area (Å²) in [6, 6.07) is 3.57. The fraction of sp³-hybridized carbons (Fsp3) is 0.0667. The van der Waals surface area contributed by atoms with Crippen LogP contribution in [-0.2, 0) is 4.74 Å². The Labute approximate surface area is 115 Å². The third-order valence-corrected chi connectivity index (χ3v) is 2.49. The van der Waals surface area contributed by atoms with Crippen molar-refractivity contribution in [3.63, 3.8) is 0 Å². The highest BCUT2D eigenvalue weighted by Crippen LogP contribution is 2.23. The highest BCUT2D eigenvalue weighted by molar-refractivity contribution is 6.12. The Morgan fingerprint density at radius 3 is 2.50 bits per heavy atom. The van der Waals surface area contributed by atoms with E-state index in [2.05, 4.69) is 17.9 Å². The quantitative estimate of drug-likeness (QED) is 0.388. The lowest BCUT2D eigenvalue weighted by atomic mass is 10.0. The number of rotatable bonds is 5. The van der Waals surface area contributed by atoms with Crippen molar-refractivity contribution in [3.8, 4) is 5.75 Å². The number of benzene rings is 1. The smallest absolute Gasteiger partial charge is 0.341 e. The summed E-state index contributed by atoms with van der Waals surface area (Å²) >= 11 is 0. The second-order valence-electron chi connectivity index (χ2n) is 3.77. The van der Waals surface area contributed by atoms with E-state index >= 15 is 0 Å². The van der Waals surface area contributed by atoms with E-state index in [1.54, 1.807) is 0 Å². The van der Waals surface area contributed by atoms with Gasteiger partial charge in [-0.3, -0.25) is 4.79 Å². The predicted molar refractivity (Wildman–Crippen MR) is 72.3 cm³/mol. The summed E-state index contributed by atoms with van der Waals surface area (Å²) in [6.45, 7) is 6.44. The van der Waals surface area contributed by atoms with Gasteiger partial charge in [0, 0.05) is 5.56 Å². The maximum absolute atomic E-state index is 13.2. The number of ether oxygens (including phenoxy) is 1. The van der Waals surface area contributed by atoms with Crippen molar-refractivity contribution in [2.45, 2.75) is 0 Å². The number of methoxy groups -OCH3 is 1. The van der Waals surface area contributed by atoms with Crippen molar-refractivity contribution in [1.29, 1.82) is 0 Å². The molecule has 0 fully saturated rings. The van der Waals surface area contributed by atoms with Crippen LogP contribution in [0.15, 0.2) is 54.9 Å². The van der Waals surface area contributed by atoms with Crippen LogP contribution in [0.5, 0.6) is 5.75 Å². The minimum atomic E-state index is -0.911. The van der Waals surface area contributed by atoms with Crippen molar-refractivity contribution >= 4 is 11.8 Å². The molecule has 1 rings (SSSR count). The van der Waals surface area contributed by atoms with Gasteiger partial charge >= 0.3 is 5.97 Å². The van der Waals surface area contributed by atoms with Gasteiger partial charge in [0.15, 0.2) is 5.78 Å². The zero-order valence-electron chi connectivity index (χ0n) is 10.9. The lowest BCUT2D eigenvalue weighted by Gasteiger charge is -2.06. The summed E-state index contributed by atoms with van der Waals surface area (Å²) in [5.74, 6) is -2.75. The van der Waals surface area contributed by atoms with Crippen molar-refractivity contribution in [1.82, 2.24) is 0 Å². The van der Waals surface area contributed by atoms with E-state index < -0.39 is 23.3 Å². The molecule has 4 nitrogen and oxygen atoms in total. The van der Waals surface area contributed by atoms with Gasteiger partial charge < -0.3 is 9.84 Å². The minimum Gasteiger partial charge on any atom is -0.507 e. The molecule has 104 valence electrons. The van der Waals surface area contributed by atoms with Crippen LogP contribution < -0.4 is 0 Å². The van der Waals surface area contributed by atoms with Crippen LogP contribution in [0.4, 0.5) is 4.39 Å². The van der Waals surface area contributed by atoms with E-state index in [-0.39, 0.29) is 16.7 Å². The summed E-state index contributed by atoms with van der Waals surface area (Å²) in [5.41, 5.74) is -0.343. The van der Waals surface area contributed by atoms with Crippen LogP contribution in [0, 0.1) is 0 Å². The third kappa shape index (κ3) is 3.20. The Morgan fingerprint density at radius 1 is 1.40 bits per heavy atom. The van der Waals surface area contributed by atoms with Gasteiger partial charge in [-0.05, 0) is 24.3 Å². The first kappa shape index (κ1) is 15.4. The molecule has 0 heterocycles. The van der Waals surface area contributed by atoms with Crippen LogP contribution >= 0.6 is 0 Å². The average molecular weight is 276 g/mol. The zero-order chi connectivity index (χ0) is 15.3. The van der Waals surface area contributed by atoms with Crippen LogP contribution in [-0.4, -0.2) is 24.0 Å². The molecule has 0 spiro atoms. The standard InChI is InChI=1S/C15H13FO4/c1-4-5-11(9(2)16)14(18)10-6-7-12(13(17)8-10)15(19)20-3/h4-8,17H,1-2H2,3H3/b11-5+. The van der Waals surface area contributed by atoms with Crippen LogP contribution in [0.1, 0.15) is 20.7 Å². The lowest BCUT2D eigenvalue weighted by molar-refractivity contribution is 0.0597. The van der Waals surface area contributed by atoms with Crippen molar-refractivity contribution in [3.05, 3.63) is 66.0 Å². The largest absolute Gasteiger partial charge is 0.507 e. The van der Waals surface area contributed by atoms with Gasteiger partial charge in [0.05, 0.1) is 12.7 Å². The third-order valence-electron chi connectivity index (χ3n) is 2.49. The summed E-state index contributed by atoms with van der Waals surface area (Å²) in [5, 5.41) is 9.68. The normalized spacial score (nSPS) is 10.8. The number of allylic oxidation sites excluding steroid dienone is 4. The minimum absolute atomic E-state index is 0.0158. The molecular formula is C15H13FO4. The van der Waals surface area contributed by atoms with E-state index in [9.17, 15) is 19.1 Å². The molecule has 0 aliphatic rings. The number of esters is 1. The van der Waals surface area contributed by atoms with Crippen molar-refractivity contribution < 1.29 is 23.8 Å². The molecule has 0 aromatic heterocycles. The summed E-state index contributed by atoms with van der Waals surface area (Å²) < 4.78 is 17.6. The van der Waals surface area contributed by atoms with E-state index in [0.29, 0.717) is 0 Å². The molecule has 5 heteroatoms. The molecule has 0 atom stereocenters. The number of phenols is 1. The monoisotopic (exact) mass is 276 g/mol. The highest BCUT2D eigenvalue weighted by Gasteiger charge is 2.18. The van der Waals surface area contributed by atoms with Crippen LogP contribution in [0.25, 0.3) is 0 Å². The first-order valence-electron chi connectivity index (χ1n) is 5.56. The lowest BCUT2D eigenvalue weighted by Crippen LogP contribution is -2.06. The number of Topliss-reactive ketones (excluding diaryl/α,β-unsaturated/α-hetero) is 1. The van der Waals surface area contributed by atoms with Gasteiger partial charge in [-0.15, -0.1) is 0 Å². The van der Waals surface area contributed by atoms with E-state index in [4.69, 9.17) is 0 Å². The summed E-state index contributed by atoms with van der Waals surface area (Å²) in [7, 11) is 1.17. The van der Waals surface area contributed by atoms with Gasteiger partial charge in [0.1, 0.15) is 17.1 Å². The molecule has 1 aromatic rings. The number of phenolic OH excluding ortho intramolecular Hbond substituents is 1. The van der Waals surface area contributed by atoms with Gasteiger partial charge in [-0.2, -0.15) is 0 Å². The number of aromatic hydroxyl groups is 1.